The van der Waals surface area contributed by atoms with Gasteiger partial charge in [0.25, 0.3) is 0 Å². The number of hydrogen-bond acceptors (Lipinski definition) is 2. The number of benzene rings is 2. The molecular formula is C14H12Cl2O2. The van der Waals surface area contributed by atoms with Crippen LogP contribution in [0.1, 0.15) is 11.1 Å². The van der Waals surface area contributed by atoms with E-state index < -0.39 is 0 Å². The first-order chi connectivity index (χ1) is 8.40. The van der Waals surface area contributed by atoms with Gasteiger partial charge in [-0.1, -0.05) is 23.2 Å². The summed E-state index contributed by atoms with van der Waals surface area (Å²) < 4.78 is 0. The van der Waals surface area contributed by atoms with E-state index in [1.807, 2.05) is 0 Å². The van der Waals surface area contributed by atoms with E-state index in [2.05, 4.69) is 0 Å². The standard InChI is InChI=1S/C14H12Cl2O2/c1-7-3-13(17)9(5-11(7)15)10-6-12(16)8(2)4-14(10)18/h3-6,17-18H,1-2H3. The third kappa shape index (κ3) is 2.26. The van der Waals surface area contributed by atoms with Gasteiger partial charge >= 0.3 is 0 Å². The van der Waals surface area contributed by atoms with Crippen molar-refractivity contribution in [3.8, 4) is 22.6 Å². The lowest BCUT2D eigenvalue weighted by Crippen LogP contribution is -1.86. The van der Waals surface area contributed by atoms with E-state index in [-0.39, 0.29) is 11.5 Å². The molecule has 2 nitrogen and oxygen atoms in total. The molecule has 2 aromatic rings. The van der Waals surface area contributed by atoms with Gasteiger partial charge in [-0.2, -0.15) is 0 Å². The molecule has 0 heterocycles. The highest BCUT2D eigenvalue weighted by Crippen LogP contribution is 2.40. The highest BCUT2D eigenvalue weighted by Gasteiger charge is 2.13. The second-order valence-corrected chi connectivity index (χ2v) is 5.05. The fourth-order valence-electron chi connectivity index (χ4n) is 1.76. The topological polar surface area (TPSA) is 40.5 Å². The lowest BCUT2D eigenvalue weighted by molar-refractivity contribution is 0.468. The average molecular weight is 283 g/mol. The van der Waals surface area contributed by atoms with E-state index in [4.69, 9.17) is 23.2 Å². The lowest BCUT2D eigenvalue weighted by Gasteiger charge is -2.11. The second-order valence-electron chi connectivity index (χ2n) is 4.24. The quantitative estimate of drug-likeness (QED) is 0.797. The van der Waals surface area contributed by atoms with Gasteiger partial charge in [-0.25, -0.2) is 0 Å². The second kappa shape index (κ2) is 4.71. The van der Waals surface area contributed by atoms with Crippen molar-refractivity contribution in [3.63, 3.8) is 0 Å². The predicted octanol–water partition coefficient (Wildman–Crippen LogP) is 4.69. The van der Waals surface area contributed by atoms with Crippen LogP contribution in [0.25, 0.3) is 11.1 Å². The van der Waals surface area contributed by atoms with E-state index in [1.165, 1.54) is 0 Å². The van der Waals surface area contributed by atoms with Gasteiger partial charge in [0.1, 0.15) is 11.5 Å². The van der Waals surface area contributed by atoms with Crippen LogP contribution in [-0.4, -0.2) is 10.2 Å². The van der Waals surface area contributed by atoms with Gasteiger partial charge in [0.05, 0.1) is 0 Å². The van der Waals surface area contributed by atoms with E-state index >= 15 is 0 Å². The minimum atomic E-state index is 0.0621. The Morgan fingerprint density at radius 3 is 1.39 bits per heavy atom. The minimum Gasteiger partial charge on any atom is -0.507 e. The fourth-order valence-corrected chi connectivity index (χ4v) is 2.09. The molecule has 0 fully saturated rings. The number of halogens is 2. The molecule has 0 aromatic heterocycles. The van der Waals surface area contributed by atoms with Gasteiger partial charge in [0, 0.05) is 21.2 Å². The van der Waals surface area contributed by atoms with Crippen LogP contribution in [0.3, 0.4) is 0 Å². The molecule has 2 N–H and O–H groups in total. The molecule has 0 radical (unpaired) electrons. The minimum absolute atomic E-state index is 0.0621. The van der Waals surface area contributed by atoms with Gasteiger partial charge in [0.2, 0.25) is 0 Å². The number of aryl methyl sites for hydroxylation is 2. The van der Waals surface area contributed by atoms with Crippen molar-refractivity contribution >= 4 is 23.2 Å². The summed E-state index contributed by atoms with van der Waals surface area (Å²) >= 11 is 12.1. The van der Waals surface area contributed by atoms with Crippen LogP contribution >= 0.6 is 23.2 Å². The first kappa shape index (κ1) is 13.1. The van der Waals surface area contributed by atoms with E-state index in [0.717, 1.165) is 11.1 Å². The van der Waals surface area contributed by atoms with E-state index in [0.29, 0.717) is 21.2 Å². The first-order valence-corrected chi connectivity index (χ1v) is 6.14. The average Bonchev–Trinajstić information content (AvgIpc) is 2.29. The molecular weight excluding hydrogens is 271 g/mol. The van der Waals surface area contributed by atoms with Crippen LogP contribution in [0, 0.1) is 13.8 Å². The van der Waals surface area contributed by atoms with Crippen LogP contribution in [0.4, 0.5) is 0 Å². The van der Waals surface area contributed by atoms with Crippen molar-refractivity contribution in [1.82, 2.24) is 0 Å². The molecule has 18 heavy (non-hydrogen) atoms. The highest BCUT2D eigenvalue weighted by atomic mass is 35.5. The van der Waals surface area contributed by atoms with Gasteiger partial charge in [0.15, 0.2) is 0 Å². The first-order valence-electron chi connectivity index (χ1n) is 5.38. The summed E-state index contributed by atoms with van der Waals surface area (Å²) in [6.07, 6.45) is 0. The van der Waals surface area contributed by atoms with Crippen LogP contribution in [0.5, 0.6) is 11.5 Å². The predicted molar refractivity (Wildman–Crippen MR) is 74.7 cm³/mol. The monoisotopic (exact) mass is 282 g/mol. The van der Waals surface area contributed by atoms with Crippen molar-refractivity contribution in [2.45, 2.75) is 13.8 Å². The number of phenolic OH excluding ortho intramolecular Hbond substituents is 2. The van der Waals surface area contributed by atoms with E-state index in [9.17, 15) is 10.2 Å². The van der Waals surface area contributed by atoms with Crippen molar-refractivity contribution in [3.05, 3.63) is 45.4 Å². The molecule has 0 aliphatic carbocycles. The Morgan fingerprint density at radius 1 is 0.722 bits per heavy atom. The molecule has 0 unspecified atom stereocenters. The van der Waals surface area contributed by atoms with Crippen LogP contribution in [0.15, 0.2) is 24.3 Å². The van der Waals surface area contributed by atoms with Crippen molar-refractivity contribution in [2.75, 3.05) is 0 Å². The SMILES string of the molecule is Cc1cc(O)c(-c2cc(Cl)c(C)cc2O)cc1Cl. The van der Waals surface area contributed by atoms with Gasteiger partial charge < -0.3 is 10.2 Å². The summed E-state index contributed by atoms with van der Waals surface area (Å²) in [6, 6.07) is 6.36. The Labute approximate surface area is 115 Å². The zero-order valence-electron chi connectivity index (χ0n) is 9.96. The molecule has 2 aromatic carbocycles. The van der Waals surface area contributed by atoms with Crippen LogP contribution in [-0.2, 0) is 0 Å². The van der Waals surface area contributed by atoms with Crippen molar-refractivity contribution in [2.24, 2.45) is 0 Å². The maximum atomic E-state index is 9.94. The third-order valence-corrected chi connectivity index (χ3v) is 3.66. The Bertz CT molecular complexity index is 566. The third-order valence-electron chi connectivity index (χ3n) is 2.84. The number of rotatable bonds is 1. The Morgan fingerprint density at radius 2 is 1.06 bits per heavy atom. The maximum Gasteiger partial charge on any atom is 0.123 e. The molecule has 0 bridgehead atoms. The highest BCUT2D eigenvalue weighted by molar-refractivity contribution is 6.32. The zero-order chi connectivity index (χ0) is 13.4. The molecule has 0 saturated carbocycles. The van der Waals surface area contributed by atoms with E-state index in [1.54, 1.807) is 38.1 Å². The number of phenols is 2. The van der Waals surface area contributed by atoms with Crippen LogP contribution < -0.4 is 0 Å². The van der Waals surface area contributed by atoms with Gasteiger partial charge in [-0.3, -0.25) is 0 Å². The Balaban J connectivity index is 2.69. The van der Waals surface area contributed by atoms with Crippen molar-refractivity contribution < 1.29 is 10.2 Å². The molecule has 94 valence electrons. The summed E-state index contributed by atoms with van der Waals surface area (Å²) in [7, 11) is 0. The molecule has 2 rings (SSSR count). The molecule has 0 aliphatic rings. The summed E-state index contributed by atoms with van der Waals surface area (Å²) in [4.78, 5) is 0. The molecule has 0 amide bonds. The summed E-state index contributed by atoms with van der Waals surface area (Å²) in [6.45, 7) is 3.60. The molecule has 4 heteroatoms. The summed E-state index contributed by atoms with van der Waals surface area (Å²) in [5.74, 6) is 0.124. The summed E-state index contributed by atoms with van der Waals surface area (Å²) in [5, 5.41) is 20.9. The van der Waals surface area contributed by atoms with Crippen molar-refractivity contribution in [1.29, 1.82) is 0 Å². The Kier molecular flexibility index (Phi) is 3.42. The smallest absolute Gasteiger partial charge is 0.123 e. The number of aromatic hydroxyl groups is 2. The maximum absolute atomic E-state index is 9.94. The molecule has 0 saturated heterocycles. The normalized spacial score (nSPS) is 10.7. The largest absolute Gasteiger partial charge is 0.507 e. The van der Waals surface area contributed by atoms with Gasteiger partial charge in [-0.05, 0) is 49.2 Å². The molecule has 0 atom stereocenters. The fraction of sp³-hybridized carbons (Fsp3) is 0.143. The van der Waals surface area contributed by atoms with Gasteiger partial charge in [-0.15, -0.1) is 0 Å². The molecule has 0 spiro atoms. The zero-order valence-corrected chi connectivity index (χ0v) is 11.5. The molecule has 0 aliphatic heterocycles. The number of hydrogen-bond donors (Lipinski definition) is 2. The van der Waals surface area contributed by atoms with Crippen LogP contribution in [0.2, 0.25) is 10.0 Å². The summed E-state index contributed by atoms with van der Waals surface area (Å²) in [5.41, 5.74) is 2.47. The lowest BCUT2D eigenvalue weighted by atomic mass is 10.0. The Hall–Kier alpha value is -1.38.